The van der Waals surface area contributed by atoms with Gasteiger partial charge in [0.1, 0.15) is 20.4 Å². The summed E-state index contributed by atoms with van der Waals surface area (Å²) in [6.45, 7) is 6.86. The lowest BCUT2D eigenvalue weighted by Crippen LogP contribution is -2.35. The summed E-state index contributed by atoms with van der Waals surface area (Å²) in [6, 6.07) is 6.63. The van der Waals surface area contributed by atoms with Crippen molar-refractivity contribution in [2.24, 2.45) is 0 Å². The highest BCUT2D eigenvalue weighted by atomic mass is 32.2. The van der Waals surface area contributed by atoms with Crippen molar-refractivity contribution in [2.75, 3.05) is 18.0 Å². The van der Waals surface area contributed by atoms with E-state index in [1.54, 1.807) is 16.3 Å². The zero-order chi connectivity index (χ0) is 26.0. The van der Waals surface area contributed by atoms with Crippen LogP contribution in [0.5, 0.6) is 0 Å². The monoisotopic (exact) mass is 561 g/mol. The Balaban J connectivity index is 1.72. The number of aromatic nitrogens is 1. The number of allylic oxidation sites excluding steroid dienone is 1. The smallest absolute Gasteiger partial charge is 0.323 e. The lowest BCUT2D eigenvalue weighted by atomic mass is 10.1. The second-order valence-corrected chi connectivity index (χ2v) is 12.0. The molecule has 1 fully saturated rings. The summed E-state index contributed by atoms with van der Waals surface area (Å²) in [4.78, 5) is 42.0. The Morgan fingerprint density at radius 3 is 2.53 bits per heavy atom. The van der Waals surface area contributed by atoms with Crippen molar-refractivity contribution in [3.8, 4) is 0 Å². The van der Waals surface area contributed by atoms with E-state index in [1.165, 1.54) is 27.5 Å². The van der Waals surface area contributed by atoms with Gasteiger partial charge >= 0.3 is 5.97 Å². The number of benzene rings is 1. The topological polar surface area (TPSA) is 82.8 Å². The van der Waals surface area contributed by atoms with E-state index in [2.05, 4.69) is 36.9 Å². The average molecular weight is 562 g/mol. The molecule has 1 aromatic heterocycles. The molecule has 2 aliphatic rings. The number of unbranched alkanes of at least 4 members (excludes halogenated alkanes) is 1. The number of carboxylic acids is 1. The highest BCUT2D eigenvalue weighted by molar-refractivity contribution is 8.30. The molecule has 1 N–H and O–H groups in total. The molecule has 0 atom stereocenters. The normalized spacial score (nSPS) is 18.6. The van der Waals surface area contributed by atoms with E-state index in [0.29, 0.717) is 20.6 Å². The van der Waals surface area contributed by atoms with Crippen LogP contribution in [0.15, 0.2) is 39.0 Å². The van der Waals surface area contributed by atoms with E-state index >= 15 is 0 Å². The van der Waals surface area contributed by atoms with Gasteiger partial charge in [-0.25, -0.2) is 0 Å². The summed E-state index contributed by atoms with van der Waals surface area (Å²) in [5.41, 5.74) is 2.35. The third-order valence-corrected chi connectivity index (χ3v) is 9.71. The molecule has 4 rings (SSSR count). The minimum absolute atomic E-state index is 0.178. The van der Waals surface area contributed by atoms with Gasteiger partial charge in [-0.05, 0) is 56.5 Å². The van der Waals surface area contributed by atoms with Gasteiger partial charge in [-0.15, -0.1) is 11.3 Å². The Bertz CT molecular complexity index is 1440. The number of anilines is 1. The van der Waals surface area contributed by atoms with Crippen molar-refractivity contribution >= 4 is 79.9 Å². The van der Waals surface area contributed by atoms with Gasteiger partial charge in [0.05, 0.1) is 15.2 Å². The number of carbonyl (C=O) groups is 2. The Labute approximate surface area is 227 Å². The third-order valence-electron chi connectivity index (χ3n) is 5.87. The van der Waals surface area contributed by atoms with E-state index in [4.69, 9.17) is 17.3 Å². The number of fused-ring (bicyclic) bond motifs is 1. The van der Waals surface area contributed by atoms with Gasteiger partial charge in [-0.2, -0.15) is 0 Å². The molecule has 2 aromatic rings. The lowest BCUT2D eigenvalue weighted by molar-refractivity contribution is -0.140. The van der Waals surface area contributed by atoms with Crippen molar-refractivity contribution < 1.29 is 14.7 Å². The maximum atomic E-state index is 13.2. The van der Waals surface area contributed by atoms with Crippen LogP contribution in [0.3, 0.4) is 0 Å². The van der Waals surface area contributed by atoms with Gasteiger partial charge in [0.25, 0.3) is 11.5 Å². The molecule has 7 nitrogen and oxygen atoms in total. The first kappa shape index (κ1) is 26.7. The Kier molecular flexibility index (Phi) is 8.44. The second-order valence-electron chi connectivity index (χ2n) is 8.23. The lowest BCUT2D eigenvalue weighted by Gasteiger charge is -2.18. The van der Waals surface area contributed by atoms with Crippen molar-refractivity contribution in [2.45, 2.75) is 51.5 Å². The van der Waals surface area contributed by atoms with Gasteiger partial charge in [0.2, 0.25) is 0 Å². The average Bonchev–Trinajstić information content (AvgIpc) is 3.46. The molecule has 190 valence electrons. The molecule has 11 heteroatoms. The fourth-order valence-electron chi connectivity index (χ4n) is 4.07. The molecule has 0 spiro atoms. The van der Waals surface area contributed by atoms with E-state index in [-0.39, 0.29) is 9.88 Å². The van der Waals surface area contributed by atoms with Crippen molar-refractivity contribution in [3.63, 3.8) is 0 Å². The number of thioether (sulfide) groups is 2. The largest absolute Gasteiger partial charge is 0.480 e. The summed E-state index contributed by atoms with van der Waals surface area (Å²) in [5, 5.41) is 10.2. The molecule has 1 amide bonds. The van der Waals surface area contributed by atoms with Gasteiger partial charge in [-0.1, -0.05) is 55.2 Å². The molecule has 0 aliphatic carbocycles. The number of aryl methyl sites for hydroxylation is 1. The summed E-state index contributed by atoms with van der Waals surface area (Å²) in [5.74, 6) is -1.61. The van der Waals surface area contributed by atoms with Crippen LogP contribution >= 0.6 is 47.1 Å². The Morgan fingerprint density at radius 1 is 1.08 bits per heavy atom. The molecule has 0 unspecified atom stereocenters. The first-order valence-electron chi connectivity index (χ1n) is 11.8. The maximum Gasteiger partial charge on any atom is 0.323 e. The molecule has 1 aromatic carbocycles. The van der Waals surface area contributed by atoms with Gasteiger partial charge in [0.15, 0.2) is 0 Å². The van der Waals surface area contributed by atoms with Crippen LogP contribution in [0.2, 0.25) is 0 Å². The van der Waals surface area contributed by atoms with Crippen LogP contribution in [-0.2, 0) is 22.6 Å². The molecule has 0 bridgehead atoms. The van der Waals surface area contributed by atoms with Crippen molar-refractivity contribution in [3.05, 3.63) is 54.4 Å². The standard InChI is InChI=1S/C25H27N3O4S4/c1-4-7-8-15-9-10-17-16(13-15)26(5-2)19(34-17)12-11-18-22(31)27(6-3)24(35-18)21-23(32)28(14-20(29)30)25(33)36-21/h9-13H,4-8,14H2,1-3H3,(H,29,30)/b18-11+,19-12-,24-21-. The summed E-state index contributed by atoms with van der Waals surface area (Å²) in [7, 11) is 0. The number of hydrogen-bond acceptors (Lipinski definition) is 8. The number of amides is 1. The Morgan fingerprint density at radius 2 is 1.86 bits per heavy atom. The highest BCUT2D eigenvalue weighted by Gasteiger charge is 2.35. The van der Waals surface area contributed by atoms with E-state index in [9.17, 15) is 14.4 Å². The van der Waals surface area contributed by atoms with Crippen LogP contribution in [0.1, 0.15) is 39.2 Å². The minimum atomic E-state index is -1.14. The molecule has 1 saturated heterocycles. The number of nitrogens with zero attached hydrogens (tertiary/aromatic N) is 3. The fraction of sp³-hybridized carbons (Fsp3) is 0.360. The minimum Gasteiger partial charge on any atom is -0.480 e. The van der Waals surface area contributed by atoms with E-state index in [0.717, 1.165) is 47.5 Å². The predicted molar refractivity (Wildman–Crippen MR) is 153 cm³/mol. The fourth-order valence-corrected chi connectivity index (χ4v) is 7.70. The Hall–Kier alpha value is -2.34. The number of thiazole rings is 1. The molecule has 3 heterocycles. The SMILES string of the molecule is CCCCc1ccc2c(c1)N(CC)/C(=C/C=c1/s/c(=C3\SC(=S)N(CC(=O)O)C3=O)n(CC)c1=O)S2. The van der Waals surface area contributed by atoms with E-state index < -0.39 is 18.4 Å². The number of carboxylic acid groups (broad SMARTS) is 1. The molecule has 0 saturated carbocycles. The summed E-state index contributed by atoms with van der Waals surface area (Å²) >= 11 is 9.19. The summed E-state index contributed by atoms with van der Waals surface area (Å²) in [6.07, 6.45) is 7.17. The number of aliphatic carboxylic acids is 1. The molecule has 2 aliphatic heterocycles. The van der Waals surface area contributed by atoms with Crippen molar-refractivity contribution in [1.29, 1.82) is 0 Å². The van der Waals surface area contributed by atoms with Gasteiger partial charge in [0, 0.05) is 18.0 Å². The number of carbonyl (C=O) groups excluding carboxylic acids is 1. The number of hydrogen-bond donors (Lipinski definition) is 1. The molecule has 0 radical (unpaired) electrons. The van der Waals surface area contributed by atoms with Crippen LogP contribution < -0.4 is 19.7 Å². The predicted octanol–water partition coefficient (Wildman–Crippen LogP) is 3.58. The maximum absolute atomic E-state index is 13.2. The molecular weight excluding hydrogens is 535 g/mol. The van der Waals surface area contributed by atoms with Crippen LogP contribution in [-0.4, -0.2) is 43.9 Å². The van der Waals surface area contributed by atoms with E-state index in [1.807, 2.05) is 19.1 Å². The number of rotatable bonds is 8. The highest BCUT2D eigenvalue weighted by Crippen LogP contribution is 2.46. The van der Waals surface area contributed by atoms with Crippen LogP contribution in [0.4, 0.5) is 5.69 Å². The zero-order valence-electron chi connectivity index (χ0n) is 20.3. The first-order chi connectivity index (χ1) is 17.3. The quantitative estimate of drug-likeness (QED) is 0.490. The molecule has 36 heavy (non-hydrogen) atoms. The van der Waals surface area contributed by atoms with Crippen molar-refractivity contribution in [1.82, 2.24) is 9.47 Å². The van der Waals surface area contributed by atoms with Crippen LogP contribution in [0.25, 0.3) is 11.0 Å². The van der Waals surface area contributed by atoms with Gasteiger partial charge in [-0.3, -0.25) is 23.9 Å². The number of thiocarbonyl (C=S) groups is 1. The van der Waals surface area contributed by atoms with Crippen LogP contribution in [0, 0.1) is 0 Å². The zero-order valence-corrected chi connectivity index (χ0v) is 23.5. The third kappa shape index (κ3) is 5.20. The first-order valence-corrected chi connectivity index (χ1v) is 14.6. The molecular formula is C25H27N3O4S4. The van der Waals surface area contributed by atoms with Gasteiger partial charge < -0.3 is 10.0 Å². The second kappa shape index (κ2) is 11.4. The summed E-state index contributed by atoms with van der Waals surface area (Å²) < 4.78 is 2.76.